The first kappa shape index (κ1) is 13.1. The third kappa shape index (κ3) is 3.58. The van der Waals surface area contributed by atoms with Crippen molar-refractivity contribution in [1.82, 2.24) is 4.90 Å². The van der Waals surface area contributed by atoms with Gasteiger partial charge in [-0.15, -0.1) is 0 Å². The van der Waals surface area contributed by atoms with Crippen molar-refractivity contribution in [2.24, 2.45) is 0 Å². The van der Waals surface area contributed by atoms with Gasteiger partial charge in [0.05, 0.1) is 5.97 Å². The molecule has 5 heteroatoms. The summed E-state index contributed by atoms with van der Waals surface area (Å²) in [6.45, 7) is 2.67. The molecule has 1 amide bonds. The fourth-order valence-corrected chi connectivity index (χ4v) is 2.07. The second-order valence-electron chi connectivity index (χ2n) is 4.30. The van der Waals surface area contributed by atoms with E-state index in [1.165, 1.54) is 0 Å². The summed E-state index contributed by atoms with van der Waals surface area (Å²) in [4.78, 5) is 25.8. The normalized spacial score (nSPS) is 15.8. The molecule has 0 saturated carbocycles. The lowest BCUT2D eigenvalue weighted by atomic mass is 10.2. The van der Waals surface area contributed by atoms with Gasteiger partial charge in [0.25, 0.3) is 0 Å². The van der Waals surface area contributed by atoms with E-state index in [1.54, 1.807) is 4.90 Å². The maximum Gasteiger partial charge on any atom is 0.246 e. The highest BCUT2D eigenvalue weighted by molar-refractivity contribution is 5.93. The number of carbonyl (C=O) groups excluding carboxylic acids is 2. The number of benzene rings is 1. The van der Waals surface area contributed by atoms with E-state index >= 15 is 0 Å². The number of rotatable bonds is 3. The Hall–Kier alpha value is -2.30. The summed E-state index contributed by atoms with van der Waals surface area (Å²) >= 11 is 0. The van der Waals surface area contributed by atoms with Crippen LogP contribution >= 0.6 is 0 Å². The Morgan fingerprint density at radius 2 is 1.63 bits per heavy atom. The Morgan fingerprint density at radius 3 is 2.21 bits per heavy atom. The number of carboxylic acids is 1. The van der Waals surface area contributed by atoms with Crippen LogP contribution in [-0.2, 0) is 9.59 Å². The molecule has 1 saturated heterocycles. The summed E-state index contributed by atoms with van der Waals surface area (Å²) in [6.07, 6.45) is 1.82. The molecule has 1 aliphatic heterocycles. The van der Waals surface area contributed by atoms with Gasteiger partial charge < -0.3 is 19.7 Å². The second kappa shape index (κ2) is 6.04. The maximum atomic E-state index is 11.7. The zero-order valence-corrected chi connectivity index (χ0v) is 10.5. The van der Waals surface area contributed by atoms with E-state index in [1.807, 2.05) is 30.3 Å². The van der Waals surface area contributed by atoms with Crippen LogP contribution < -0.4 is 10.0 Å². The zero-order chi connectivity index (χ0) is 13.7. The van der Waals surface area contributed by atoms with E-state index in [0.717, 1.165) is 30.9 Å². The Kier molecular flexibility index (Phi) is 4.18. The third-order valence-electron chi connectivity index (χ3n) is 3.07. The topological polar surface area (TPSA) is 63.7 Å². The molecule has 0 N–H and O–H groups in total. The predicted molar refractivity (Wildman–Crippen MR) is 69.4 cm³/mol. The van der Waals surface area contributed by atoms with E-state index in [9.17, 15) is 14.7 Å². The lowest BCUT2D eigenvalue weighted by molar-refractivity contribution is -0.297. The lowest BCUT2D eigenvalue weighted by Crippen LogP contribution is -2.48. The molecule has 19 heavy (non-hydrogen) atoms. The van der Waals surface area contributed by atoms with Crippen molar-refractivity contribution >= 4 is 17.6 Å². The molecule has 2 rings (SSSR count). The standard InChI is InChI=1S/C14H16N2O3/c17-13(6-7-14(18)19)16-10-8-15(9-11-16)12-4-2-1-3-5-12/h1-7H,8-11H2,(H,18,19)/p-1/b7-6+. The smallest absolute Gasteiger partial charge is 0.246 e. The monoisotopic (exact) mass is 259 g/mol. The SMILES string of the molecule is O=C([O-])/C=C/C(=O)N1CCN(c2ccccc2)CC1. The van der Waals surface area contributed by atoms with Crippen molar-refractivity contribution < 1.29 is 14.7 Å². The van der Waals surface area contributed by atoms with Crippen LogP contribution in [0.2, 0.25) is 0 Å². The molecule has 1 aromatic rings. The van der Waals surface area contributed by atoms with Gasteiger partial charge in [0.1, 0.15) is 0 Å². The van der Waals surface area contributed by atoms with Crippen molar-refractivity contribution in [3.05, 3.63) is 42.5 Å². The Balaban J connectivity index is 1.89. The summed E-state index contributed by atoms with van der Waals surface area (Å²) in [6, 6.07) is 10.00. The molecule has 1 fully saturated rings. The van der Waals surface area contributed by atoms with Gasteiger partial charge in [0, 0.05) is 37.9 Å². The van der Waals surface area contributed by atoms with Crippen LogP contribution in [-0.4, -0.2) is 43.0 Å². The van der Waals surface area contributed by atoms with Crippen molar-refractivity contribution in [1.29, 1.82) is 0 Å². The second-order valence-corrected chi connectivity index (χ2v) is 4.30. The molecule has 0 unspecified atom stereocenters. The van der Waals surface area contributed by atoms with E-state index in [4.69, 9.17) is 0 Å². The van der Waals surface area contributed by atoms with Gasteiger partial charge in [-0.05, 0) is 18.2 Å². The average Bonchev–Trinajstić information content (AvgIpc) is 2.46. The van der Waals surface area contributed by atoms with Crippen LogP contribution in [0.4, 0.5) is 5.69 Å². The molecule has 1 aliphatic rings. The third-order valence-corrected chi connectivity index (χ3v) is 3.07. The van der Waals surface area contributed by atoms with Crippen molar-refractivity contribution in [2.75, 3.05) is 31.1 Å². The molecular weight excluding hydrogens is 244 g/mol. The number of anilines is 1. The number of piperazine rings is 1. The van der Waals surface area contributed by atoms with Crippen LogP contribution in [0.15, 0.2) is 42.5 Å². The lowest BCUT2D eigenvalue weighted by Gasteiger charge is -2.35. The van der Waals surface area contributed by atoms with Crippen LogP contribution in [0.5, 0.6) is 0 Å². The Labute approximate surface area is 111 Å². The minimum Gasteiger partial charge on any atom is -0.545 e. The number of hydrogen-bond donors (Lipinski definition) is 0. The molecule has 1 aromatic carbocycles. The first-order valence-corrected chi connectivity index (χ1v) is 6.15. The first-order valence-electron chi connectivity index (χ1n) is 6.15. The fourth-order valence-electron chi connectivity index (χ4n) is 2.07. The molecule has 0 aliphatic carbocycles. The van der Waals surface area contributed by atoms with Gasteiger partial charge in [-0.1, -0.05) is 18.2 Å². The molecule has 1 heterocycles. The minimum absolute atomic E-state index is 0.281. The largest absolute Gasteiger partial charge is 0.545 e. The number of aliphatic carboxylic acids is 1. The van der Waals surface area contributed by atoms with Gasteiger partial charge >= 0.3 is 0 Å². The number of para-hydroxylation sites is 1. The predicted octanol–water partition coefficient (Wildman–Crippen LogP) is -0.359. The average molecular weight is 259 g/mol. The van der Waals surface area contributed by atoms with Crippen LogP contribution in [0.3, 0.4) is 0 Å². The van der Waals surface area contributed by atoms with Crippen molar-refractivity contribution in [2.45, 2.75) is 0 Å². The number of amides is 1. The molecule has 0 bridgehead atoms. The number of hydrogen-bond acceptors (Lipinski definition) is 4. The molecule has 0 atom stereocenters. The number of nitrogens with zero attached hydrogens (tertiary/aromatic N) is 2. The van der Waals surface area contributed by atoms with E-state index in [0.29, 0.717) is 13.1 Å². The molecule has 0 spiro atoms. The van der Waals surface area contributed by atoms with Crippen molar-refractivity contribution in [3.63, 3.8) is 0 Å². The van der Waals surface area contributed by atoms with E-state index < -0.39 is 5.97 Å². The Morgan fingerprint density at radius 1 is 1.00 bits per heavy atom. The van der Waals surface area contributed by atoms with Gasteiger partial charge in [-0.2, -0.15) is 0 Å². The molecule has 5 nitrogen and oxygen atoms in total. The molecular formula is C14H15N2O3-. The van der Waals surface area contributed by atoms with Gasteiger partial charge in [-0.3, -0.25) is 4.79 Å². The van der Waals surface area contributed by atoms with Crippen LogP contribution in [0.1, 0.15) is 0 Å². The van der Waals surface area contributed by atoms with Gasteiger partial charge in [-0.25, -0.2) is 0 Å². The fraction of sp³-hybridized carbons (Fsp3) is 0.286. The summed E-state index contributed by atoms with van der Waals surface area (Å²) < 4.78 is 0. The molecule has 100 valence electrons. The number of carbonyl (C=O) groups is 2. The Bertz CT molecular complexity index is 477. The van der Waals surface area contributed by atoms with Crippen LogP contribution in [0, 0.1) is 0 Å². The molecule has 0 aromatic heterocycles. The first-order chi connectivity index (χ1) is 9.16. The highest BCUT2D eigenvalue weighted by Crippen LogP contribution is 2.15. The highest BCUT2D eigenvalue weighted by Gasteiger charge is 2.19. The zero-order valence-electron chi connectivity index (χ0n) is 10.5. The van der Waals surface area contributed by atoms with Gasteiger partial charge in [0.15, 0.2) is 0 Å². The van der Waals surface area contributed by atoms with E-state index in [2.05, 4.69) is 4.90 Å². The summed E-state index contributed by atoms with van der Waals surface area (Å²) in [5.74, 6) is -1.63. The van der Waals surface area contributed by atoms with Crippen LogP contribution in [0.25, 0.3) is 0 Å². The van der Waals surface area contributed by atoms with Gasteiger partial charge in [0.2, 0.25) is 5.91 Å². The number of carboxylic acid groups (broad SMARTS) is 1. The quantitative estimate of drug-likeness (QED) is 0.695. The van der Waals surface area contributed by atoms with Crippen molar-refractivity contribution in [3.8, 4) is 0 Å². The maximum absolute atomic E-state index is 11.7. The summed E-state index contributed by atoms with van der Waals surface area (Å²) in [5, 5.41) is 10.2. The molecule has 0 radical (unpaired) electrons. The van der Waals surface area contributed by atoms with E-state index in [-0.39, 0.29) is 5.91 Å². The minimum atomic E-state index is -1.35. The summed E-state index contributed by atoms with van der Waals surface area (Å²) in [5.41, 5.74) is 1.14. The summed E-state index contributed by atoms with van der Waals surface area (Å²) in [7, 11) is 0. The highest BCUT2D eigenvalue weighted by atomic mass is 16.4.